The van der Waals surface area contributed by atoms with Gasteiger partial charge >= 0.3 is 5.97 Å². The van der Waals surface area contributed by atoms with Crippen LogP contribution in [0.15, 0.2) is 45.6 Å². The van der Waals surface area contributed by atoms with Gasteiger partial charge in [-0.25, -0.2) is 4.79 Å². The predicted molar refractivity (Wildman–Crippen MR) is 109 cm³/mol. The van der Waals surface area contributed by atoms with Gasteiger partial charge in [0.2, 0.25) is 0 Å². The van der Waals surface area contributed by atoms with Crippen molar-refractivity contribution in [3.8, 4) is 22.8 Å². The molecule has 0 aliphatic heterocycles. The minimum atomic E-state index is -0.436. The molecular formula is C21H16Cl2O6. The van der Waals surface area contributed by atoms with Crippen LogP contribution >= 0.6 is 23.2 Å². The third kappa shape index (κ3) is 3.78. The first-order valence-corrected chi connectivity index (χ1v) is 9.72. The summed E-state index contributed by atoms with van der Waals surface area (Å²) in [5.41, 5.74) is 0.387. The van der Waals surface area contributed by atoms with Crippen molar-refractivity contribution in [1.82, 2.24) is 0 Å². The number of benzene rings is 2. The Morgan fingerprint density at radius 1 is 1.10 bits per heavy atom. The van der Waals surface area contributed by atoms with E-state index in [0.717, 1.165) is 19.3 Å². The molecule has 0 radical (unpaired) electrons. The predicted octanol–water partition coefficient (Wildman–Crippen LogP) is 5.41. The van der Waals surface area contributed by atoms with E-state index < -0.39 is 5.97 Å². The highest BCUT2D eigenvalue weighted by Crippen LogP contribution is 2.40. The summed E-state index contributed by atoms with van der Waals surface area (Å²) in [6.45, 7) is 0. The monoisotopic (exact) mass is 434 g/mol. The minimum absolute atomic E-state index is 0.0945. The molecule has 0 amide bonds. The van der Waals surface area contributed by atoms with E-state index >= 15 is 0 Å². The molecule has 1 fully saturated rings. The first-order valence-electron chi connectivity index (χ1n) is 8.96. The molecule has 1 aliphatic carbocycles. The fraction of sp³-hybridized carbons (Fsp3) is 0.238. The van der Waals surface area contributed by atoms with Crippen LogP contribution < -0.4 is 15.1 Å². The second-order valence-corrected chi connectivity index (χ2v) is 7.50. The molecular weight excluding hydrogens is 419 g/mol. The summed E-state index contributed by atoms with van der Waals surface area (Å²) in [4.78, 5) is 34.5. The third-order valence-corrected chi connectivity index (χ3v) is 5.47. The molecule has 0 bridgehead atoms. The fourth-order valence-electron chi connectivity index (χ4n) is 3.03. The van der Waals surface area contributed by atoms with Crippen LogP contribution in [-0.2, 0) is 9.68 Å². The molecule has 0 atom stereocenters. The molecule has 8 heteroatoms. The third-order valence-electron chi connectivity index (χ3n) is 4.88. The van der Waals surface area contributed by atoms with Crippen LogP contribution in [0.3, 0.4) is 0 Å². The van der Waals surface area contributed by atoms with E-state index in [9.17, 15) is 9.59 Å². The van der Waals surface area contributed by atoms with Crippen LogP contribution in [0.25, 0.3) is 22.3 Å². The normalized spacial score (nSPS) is 13.8. The molecule has 2 aromatic carbocycles. The molecule has 1 aliphatic rings. The van der Waals surface area contributed by atoms with E-state index in [1.807, 2.05) is 0 Å². The summed E-state index contributed by atoms with van der Waals surface area (Å²) in [5, 5.41) is 0.841. The Labute approximate surface area is 175 Å². The maximum absolute atomic E-state index is 12.5. The number of hydrogen-bond donors (Lipinski definition) is 0. The molecule has 1 saturated carbocycles. The molecule has 6 nitrogen and oxygen atoms in total. The van der Waals surface area contributed by atoms with E-state index in [2.05, 4.69) is 0 Å². The molecule has 4 rings (SSSR count). The quantitative estimate of drug-likeness (QED) is 0.394. The lowest BCUT2D eigenvalue weighted by Crippen LogP contribution is -2.25. The number of methoxy groups -OCH3 is 1. The lowest BCUT2D eigenvalue weighted by Gasteiger charge is -2.22. The van der Waals surface area contributed by atoms with E-state index in [0.29, 0.717) is 21.7 Å². The van der Waals surface area contributed by atoms with Gasteiger partial charge in [0.15, 0.2) is 16.8 Å². The molecule has 0 N–H and O–H groups in total. The Hall–Kier alpha value is -2.70. The summed E-state index contributed by atoms with van der Waals surface area (Å²) < 4.78 is 11.2. The number of hydrogen-bond acceptors (Lipinski definition) is 6. The first-order chi connectivity index (χ1) is 14.0. The van der Waals surface area contributed by atoms with Crippen LogP contribution in [-0.4, -0.2) is 13.1 Å². The van der Waals surface area contributed by atoms with E-state index in [4.69, 9.17) is 42.1 Å². The van der Waals surface area contributed by atoms with Crippen molar-refractivity contribution < 1.29 is 23.7 Å². The number of fused-ring (bicyclic) bond motifs is 1. The lowest BCUT2D eigenvalue weighted by atomic mass is 9.86. The fourth-order valence-corrected chi connectivity index (χ4v) is 3.43. The molecule has 0 saturated heterocycles. The summed E-state index contributed by atoms with van der Waals surface area (Å²) in [5.74, 6) is 0.0689. The maximum atomic E-state index is 12.5. The molecule has 1 heterocycles. The minimum Gasteiger partial charge on any atom is -0.496 e. The standard InChI is InChI=1S/C21H16Cl2O6/c1-26-17-9-15(23)19(28-29-21(25)11-4-2-5-11)8-13(17)18-10-16(24)12-6-3-7-14(22)20(12)27-18/h3,6-11H,2,4-5H2,1H3. The molecule has 1 aromatic heterocycles. The number of para-hydroxylation sites is 1. The number of halogens is 2. The Balaban J connectivity index is 1.74. The SMILES string of the molecule is COc1cc(Cl)c(OOC(=O)C2CCC2)cc1-c1cc(=O)c2cccc(Cl)c2o1. The zero-order valence-corrected chi connectivity index (χ0v) is 16.9. The van der Waals surface area contributed by atoms with Crippen molar-refractivity contribution in [1.29, 1.82) is 0 Å². The Kier molecular flexibility index (Phi) is 5.39. The van der Waals surface area contributed by atoms with Crippen LogP contribution in [0.5, 0.6) is 11.5 Å². The highest BCUT2D eigenvalue weighted by molar-refractivity contribution is 6.34. The van der Waals surface area contributed by atoms with Gasteiger partial charge in [-0.2, -0.15) is 0 Å². The largest absolute Gasteiger partial charge is 0.496 e. The summed E-state index contributed by atoms with van der Waals surface area (Å²) in [6, 6.07) is 9.23. The second kappa shape index (κ2) is 7.97. The van der Waals surface area contributed by atoms with Gasteiger partial charge in [0.05, 0.1) is 34.0 Å². The first kappa shape index (κ1) is 19.6. The number of carbonyl (C=O) groups excluding carboxylic acids is 1. The van der Waals surface area contributed by atoms with Crippen molar-refractivity contribution in [2.24, 2.45) is 5.92 Å². The van der Waals surface area contributed by atoms with Gasteiger partial charge < -0.3 is 9.15 Å². The van der Waals surface area contributed by atoms with E-state index in [1.165, 1.54) is 25.3 Å². The van der Waals surface area contributed by atoms with Crippen LogP contribution in [0.4, 0.5) is 0 Å². The highest BCUT2D eigenvalue weighted by Gasteiger charge is 2.28. The Morgan fingerprint density at radius 2 is 1.90 bits per heavy atom. The van der Waals surface area contributed by atoms with Crippen LogP contribution in [0, 0.1) is 5.92 Å². The van der Waals surface area contributed by atoms with Crippen molar-refractivity contribution in [2.75, 3.05) is 7.11 Å². The van der Waals surface area contributed by atoms with Gasteiger partial charge in [0, 0.05) is 18.2 Å². The van der Waals surface area contributed by atoms with Gasteiger partial charge in [0.25, 0.3) is 0 Å². The van der Waals surface area contributed by atoms with Crippen LogP contribution in [0.1, 0.15) is 19.3 Å². The zero-order valence-electron chi connectivity index (χ0n) is 15.4. The molecule has 150 valence electrons. The number of ether oxygens (including phenoxy) is 1. The summed E-state index contributed by atoms with van der Waals surface area (Å²) in [6.07, 6.45) is 2.57. The van der Waals surface area contributed by atoms with Crippen molar-refractivity contribution in [3.63, 3.8) is 0 Å². The molecule has 0 spiro atoms. The summed E-state index contributed by atoms with van der Waals surface area (Å²) >= 11 is 12.4. The summed E-state index contributed by atoms with van der Waals surface area (Å²) in [7, 11) is 1.46. The van der Waals surface area contributed by atoms with Crippen molar-refractivity contribution in [2.45, 2.75) is 19.3 Å². The topological polar surface area (TPSA) is 75.0 Å². The van der Waals surface area contributed by atoms with Gasteiger partial charge in [-0.15, -0.1) is 0 Å². The molecule has 29 heavy (non-hydrogen) atoms. The molecule has 3 aromatic rings. The molecule has 0 unspecified atom stereocenters. The maximum Gasteiger partial charge on any atom is 0.358 e. The average Bonchev–Trinajstić information content (AvgIpc) is 2.66. The lowest BCUT2D eigenvalue weighted by molar-refractivity contribution is -0.221. The van der Waals surface area contributed by atoms with Gasteiger partial charge in [-0.1, -0.05) is 35.7 Å². The van der Waals surface area contributed by atoms with Crippen LogP contribution in [0.2, 0.25) is 10.0 Å². The smallest absolute Gasteiger partial charge is 0.358 e. The number of rotatable bonds is 5. The van der Waals surface area contributed by atoms with E-state index in [-0.39, 0.29) is 33.5 Å². The van der Waals surface area contributed by atoms with Gasteiger partial charge in [-0.05, 0) is 25.0 Å². The average molecular weight is 435 g/mol. The van der Waals surface area contributed by atoms with Gasteiger partial charge in [0.1, 0.15) is 11.5 Å². The Morgan fingerprint density at radius 3 is 2.59 bits per heavy atom. The van der Waals surface area contributed by atoms with Crippen molar-refractivity contribution >= 4 is 40.1 Å². The second-order valence-electron chi connectivity index (χ2n) is 6.69. The number of carbonyl (C=O) groups is 1. The Bertz CT molecular complexity index is 1150. The van der Waals surface area contributed by atoms with E-state index in [1.54, 1.807) is 18.2 Å². The van der Waals surface area contributed by atoms with Crippen molar-refractivity contribution in [3.05, 3.63) is 56.7 Å². The van der Waals surface area contributed by atoms with Gasteiger partial charge in [-0.3, -0.25) is 14.6 Å². The zero-order chi connectivity index (χ0) is 20.5. The highest BCUT2D eigenvalue weighted by atomic mass is 35.5.